The Morgan fingerprint density at radius 3 is 2.46 bits per heavy atom. The lowest BCUT2D eigenvalue weighted by Crippen LogP contribution is -2.44. The van der Waals surface area contributed by atoms with Crippen LogP contribution < -0.4 is 10.6 Å². The van der Waals surface area contributed by atoms with Gasteiger partial charge in [0.25, 0.3) is 0 Å². The number of amides is 1. The van der Waals surface area contributed by atoms with Gasteiger partial charge in [-0.25, -0.2) is 0 Å². The molecule has 0 bridgehead atoms. The van der Waals surface area contributed by atoms with Gasteiger partial charge >= 0.3 is 0 Å². The van der Waals surface area contributed by atoms with Crippen molar-refractivity contribution in [3.63, 3.8) is 0 Å². The summed E-state index contributed by atoms with van der Waals surface area (Å²) in [6, 6.07) is 8.45. The van der Waals surface area contributed by atoms with Crippen molar-refractivity contribution in [2.24, 2.45) is 4.99 Å². The van der Waals surface area contributed by atoms with Crippen molar-refractivity contribution in [3.05, 3.63) is 35.4 Å². The first kappa shape index (κ1) is 22.9. The number of carbonyl (C=O) groups excluding carboxylic acids is 1. The Balaban J connectivity index is 0.00000280. The maximum absolute atomic E-state index is 11.7. The summed E-state index contributed by atoms with van der Waals surface area (Å²) in [5, 5.41) is 6.72. The molecule has 28 heavy (non-hydrogen) atoms. The van der Waals surface area contributed by atoms with E-state index < -0.39 is 0 Å². The number of ether oxygens (including phenoxy) is 1. The molecule has 0 saturated carbocycles. The fourth-order valence-electron chi connectivity index (χ4n) is 3.42. The third-order valence-corrected chi connectivity index (χ3v) is 5.08. The number of halogens is 1. The van der Waals surface area contributed by atoms with Gasteiger partial charge in [-0.15, -0.1) is 24.0 Å². The second-order valence-electron chi connectivity index (χ2n) is 7.04. The van der Waals surface area contributed by atoms with Crippen LogP contribution in [0.5, 0.6) is 0 Å². The van der Waals surface area contributed by atoms with Crippen molar-refractivity contribution in [1.29, 1.82) is 0 Å². The summed E-state index contributed by atoms with van der Waals surface area (Å²) in [4.78, 5) is 20.4. The second kappa shape index (κ2) is 12.2. The van der Waals surface area contributed by atoms with Crippen molar-refractivity contribution in [1.82, 2.24) is 20.4 Å². The van der Waals surface area contributed by atoms with Crippen LogP contribution in [0.2, 0.25) is 0 Å². The second-order valence-corrected chi connectivity index (χ2v) is 7.04. The van der Waals surface area contributed by atoms with Crippen molar-refractivity contribution >= 4 is 35.8 Å². The summed E-state index contributed by atoms with van der Waals surface area (Å²) < 4.78 is 5.37. The highest BCUT2D eigenvalue weighted by molar-refractivity contribution is 14.0. The molecule has 2 N–H and O–H groups in total. The van der Waals surface area contributed by atoms with Crippen LogP contribution in [-0.4, -0.2) is 74.7 Å². The minimum atomic E-state index is 0. The van der Waals surface area contributed by atoms with E-state index in [1.165, 1.54) is 11.1 Å². The maximum Gasteiger partial charge on any atom is 0.222 e. The summed E-state index contributed by atoms with van der Waals surface area (Å²) in [5.74, 6) is 1.09. The van der Waals surface area contributed by atoms with Gasteiger partial charge in [0.05, 0.1) is 13.2 Å². The van der Waals surface area contributed by atoms with Crippen molar-refractivity contribution in [2.45, 2.75) is 25.9 Å². The van der Waals surface area contributed by atoms with Gasteiger partial charge in [0.1, 0.15) is 0 Å². The molecule has 156 valence electrons. The number of carbonyl (C=O) groups is 1. The SMILES string of the molecule is CN=C(NCCN1CCOCC1)NCc1ccc(CN2CCCC2=O)cc1.I. The Morgan fingerprint density at radius 1 is 1.11 bits per heavy atom. The van der Waals surface area contributed by atoms with Crippen LogP contribution in [0.25, 0.3) is 0 Å². The first-order valence-electron chi connectivity index (χ1n) is 9.85. The summed E-state index contributed by atoms with van der Waals surface area (Å²) in [5.41, 5.74) is 2.38. The van der Waals surface area contributed by atoms with Gasteiger partial charge in [0.2, 0.25) is 5.91 Å². The molecule has 8 heteroatoms. The van der Waals surface area contributed by atoms with Gasteiger partial charge in [-0.2, -0.15) is 0 Å². The zero-order valence-corrected chi connectivity index (χ0v) is 19.0. The van der Waals surface area contributed by atoms with Crippen LogP contribution in [0, 0.1) is 0 Å². The topological polar surface area (TPSA) is 69.2 Å². The molecule has 2 heterocycles. The lowest BCUT2D eigenvalue weighted by molar-refractivity contribution is -0.128. The zero-order chi connectivity index (χ0) is 18.9. The first-order valence-corrected chi connectivity index (χ1v) is 9.85. The molecule has 1 aromatic rings. The average Bonchev–Trinajstić information content (AvgIpc) is 3.11. The average molecular weight is 501 g/mol. The minimum Gasteiger partial charge on any atom is -0.379 e. The van der Waals surface area contributed by atoms with E-state index in [4.69, 9.17) is 4.74 Å². The van der Waals surface area contributed by atoms with Crippen LogP contribution in [0.15, 0.2) is 29.3 Å². The molecule has 2 fully saturated rings. The van der Waals surface area contributed by atoms with Gasteiger partial charge in [-0.1, -0.05) is 24.3 Å². The highest BCUT2D eigenvalue weighted by Crippen LogP contribution is 2.14. The monoisotopic (exact) mass is 501 g/mol. The van der Waals surface area contributed by atoms with Gasteiger partial charge in [0, 0.05) is 59.3 Å². The summed E-state index contributed by atoms with van der Waals surface area (Å²) in [6.45, 7) is 7.85. The van der Waals surface area contributed by atoms with Crippen LogP contribution >= 0.6 is 24.0 Å². The Kier molecular flexibility index (Phi) is 10.0. The highest BCUT2D eigenvalue weighted by Gasteiger charge is 2.19. The van der Waals surface area contributed by atoms with Crippen LogP contribution in [0.4, 0.5) is 0 Å². The van der Waals surface area contributed by atoms with E-state index in [1.807, 2.05) is 4.90 Å². The number of rotatable bonds is 7. The van der Waals surface area contributed by atoms with Crippen molar-refractivity contribution < 1.29 is 9.53 Å². The Hall–Kier alpha value is -1.39. The van der Waals surface area contributed by atoms with E-state index in [0.29, 0.717) is 6.42 Å². The molecular weight excluding hydrogens is 469 g/mol. The molecule has 2 saturated heterocycles. The lowest BCUT2D eigenvalue weighted by atomic mass is 10.1. The molecule has 7 nitrogen and oxygen atoms in total. The van der Waals surface area contributed by atoms with E-state index in [1.54, 1.807) is 7.05 Å². The zero-order valence-electron chi connectivity index (χ0n) is 16.7. The van der Waals surface area contributed by atoms with E-state index in [9.17, 15) is 4.79 Å². The van der Waals surface area contributed by atoms with E-state index in [-0.39, 0.29) is 29.9 Å². The molecular formula is C20H32IN5O2. The normalized spacial score (nSPS) is 18.1. The number of guanidine groups is 1. The predicted octanol–water partition coefficient (Wildman–Crippen LogP) is 1.42. The summed E-state index contributed by atoms with van der Waals surface area (Å²) >= 11 is 0. The third-order valence-electron chi connectivity index (χ3n) is 5.08. The van der Waals surface area contributed by atoms with Crippen LogP contribution in [-0.2, 0) is 22.6 Å². The van der Waals surface area contributed by atoms with Crippen molar-refractivity contribution in [2.75, 3.05) is 53.0 Å². The Bertz CT molecular complexity index is 632. The van der Waals surface area contributed by atoms with E-state index >= 15 is 0 Å². The number of hydrogen-bond acceptors (Lipinski definition) is 4. The van der Waals surface area contributed by atoms with Gasteiger partial charge < -0.3 is 20.3 Å². The molecule has 0 atom stereocenters. The maximum atomic E-state index is 11.7. The fourth-order valence-corrected chi connectivity index (χ4v) is 3.42. The molecule has 0 spiro atoms. The molecule has 0 aliphatic carbocycles. The Morgan fingerprint density at radius 2 is 1.82 bits per heavy atom. The smallest absolute Gasteiger partial charge is 0.222 e. The van der Waals surface area contributed by atoms with Gasteiger partial charge in [-0.05, 0) is 17.5 Å². The number of benzene rings is 1. The number of nitrogens with one attached hydrogen (secondary N) is 2. The largest absolute Gasteiger partial charge is 0.379 e. The predicted molar refractivity (Wildman–Crippen MR) is 122 cm³/mol. The standard InChI is InChI=1S/C20H31N5O2.HI/c1-21-20(22-8-10-24-11-13-27-14-12-24)23-15-17-4-6-18(7-5-17)16-25-9-2-3-19(25)26;/h4-7H,2-3,8-16H2,1H3,(H2,21,22,23);1H. The molecule has 3 rings (SSSR count). The molecule has 2 aliphatic heterocycles. The number of likely N-dealkylation sites (tertiary alicyclic amines) is 1. The fraction of sp³-hybridized carbons (Fsp3) is 0.600. The first-order chi connectivity index (χ1) is 13.2. The van der Waals surface area contributed by atoms with Gasteiger partial charge in [0.15, 0.2) is 5.96 Å². The molecule has 1 aromatic carbocycles. The minimum absolute atomic E-state index is 0. The lowest BCUT2D eigenvalue weighted by Gasteiger charge is -2.26. The molecule has 0 unspecified atom stereocenters. The van der Waals surface area contributed by atoms with E-state index in [2.05, 4.69) is 44.8 Å². The summed E-state index contributed by atoms with van der Waals surface area (Å²) in [6.07, 6.45) is 1.68. The molecule has 0 radical (unpaired) electrons. The highest BCUT2D eigenvalue weighted by atomic mass is 127. The molecule has 0 aromatic heterocycles. The number of nitrogens with zero attached hydrogens (tertiary/aromatic N) is 3. The number of morpholine rings is 1. The third kappa shape index (κ3) is 7.21. The number of aliphatic imine (C=N–C) groups is 1. The van der Waals surface area contributed by atoms with E-state index in [0.717, 1.165) is 71.4 Å². The molecule has 2 aliphatic rings. The van der Waals surface area contributed by atoms with Crippen LogP contribution in [0.1, 0.15) is 24.0 Å². The number of hydrogen-bond donors (Lipinski definition) is 2. The molecule has 1 amide bonds. The van der Waals surface area contributed by atoms with Crippen molar-refractivity contribution in [3.8, 4) is 0 Å². The van der Waals surface area contributed by atoms with Gasteiger partial charge in [-0.3, -0.25) is 14.7 Å². The summed E-state index contributed by atoms with van der Waals surface area (Å²) in [7, 11) is 1.79. The quantitative estimate of drug-likeness (QED) is 0.336. The van der Waals surface area contributed by atoms with Crippen LogP contribution in [0.3, 0.4) is 0 Å². The Labute approximate surface area is 184 Å².